The van der Waals surface area contributed by atoms with Crippen molar-refractivity contribution in [2.24, 2.45) is 0 Å². The van der Waals surface area contributed by atoms with Crippen LogP contribution in [0.25, 0.3) is 23.1 Å². The van der Waals surface area contributed by atoms with Crippen molar-refractivity contribution in [2.75, 3.05) is 0 Å². The van der Waals surface area contributed by atoms with Crippen LogP contribution in [0.15, 0.2) is 53.0 Å². The van der Waals surface area contributed by atoms with Gasteiger partial charge in [-0.2, -0.15) is 0 Å². The Morgan fingerprint density at radius 3 is 2.42 bits per heavy atom. The summed E-state index contributed by atoms with van der Waals surface area (Å²) >= 11 is 3.45. The van der Waals surface area contributed by atoms with Gasteiger partial charge in [-0.15, -0.1) is 0 Å². The molecule has 0 fully saturated rings. The van der Waals surface area contributed by atoms with Crippen LogP contribution in [0.3, 0.4) is 0 Å². The Bertz CT molecular complexity index is 736. The Kier molecular flexibility index (Phi) is 3.26. The van der Waals surface area contributed by atoms with E-state index in [1.807, 2.05) is 0 Å². The number of aromatic amines is 1. The maximum atomic E-state index is 3.45. The molecule has 19 heavy (non-hydrogen) atoms. The molecule has 1 aromatic heterocycles. The zero-order valence-electron chi connectivity index (χ0n) is 10.7. The smallest absolute Gasteiger partial charge is 0.0461 e. The summed E-state index contributed by atoms with van der Waals surface area (Å²) in [6.45, 7) is 2.15. The second-order valence-electron chi connectivity index (χ2n) is 4.59. The first-order valence-corrected chi connectivity index (χ1v) is 7.04. The minimum absolute atomic E-state index is 1.10. The van der Waals surface area contributed by atoms with Crippen LogP contribution in [0, 0.1) is 6.92 Å². The fraction of sp³-hybridized carbons (Fsp3) is 0.0588. The molecule has 1 nitrogen and oxygen atoms in total. The zero-order valence-corrected chi connectivity index (χ0v) is 12.2. The highest BCUT2D eigenvalue weighted by atomic mass is 79.9. The van der Waals surface area contributed by atoms with E-state index in [-0.39, 0.29) is 0 Å². The molecule has 2 heteroatoms. The summed E-state index contributed by atoms with van der Waals surface area (Å²) in [4.78, 5) is 3.45. The Morgan fingerprint density at radius 2 is 1.68 bits per heavy atom. The molecule has 3 aromatic rings. The molecule has 3 rings (SSSR count). The summed E-state index contributed by atoms with van der Waals surface area (Å²) < 4.78 is 1.10. The lowest BCUT2D eigenvalue weighted by Crippen LogP contribution is -1.75. The maximum Gasteiger partial charge on any atom is 0.0461 e. The first kappa shape index (κ1) is 12.2. The van der Waals surface area contributed by atoms with Gasteiger partial charge in [0.2, 0.25) is 0 Å². The van der Waals surface area contributed by atoms with E-state index < -0.39 is 0 Å². The predicted octanol–water partition coefficient (Wildman–Crippen LogP) is 5.41. The van der Waals surface area contributed by atoms with Crippen molar-refractivity contribution in [3.63, 3.8) is 0 Å². The lowest BCUT2D eigenvalue weighted by molar-refractivity contribution is 1.38. The van der Waals surface area contributed by atoms with Gasteiger partial charge >= 0.3 is 0 Å². The molecule has 0 aliphatic heterocycles. The summed E-state index contributed by atoms with van der Waals surface area (Å²) in [7, 11) is 0. The van der Waals surface area contributed by atoms with Gasteiger partial charge in [0.15, 0.2) is 0 Å². The highest BCUT2D eigenvalue weighted by molar-refractivity contribution is 9.10. The van der Waals surface area contributed by atoms with Gasteiger partial charge in [0, 0.05) is 21.1 Å². The van der Waals surface area contributed by atoms with Crippen molar-refractivity contribution in [2.45, 2.75) is 6.92 Å². The lowest BCUT2D eigenvalue weighted by atomic mass is 10.1. The summed E-state index contributed by atoms with van der Waals surface area (Å²) in [5.74, 6) is 0. The third-order valence-electron chi connectivity index (χ3n) is 3.32. The number of aryl methyl sites for hydroxylation is 1. The molecule has 94 valence electrons. The van der Waals surface area contributed by atoms with E-state index in [0.29, 0.717) is 0 Å². The molecule has 0 saturated carbocycles. The number of fused-ring (bicyclic) bond motifs is 1. The first-order valence-electron chi connectivity index (χ1n) is 6.25. The van der Waals surface area contributed by atoms with Crippen LogP contribution in [-0.2, 0) is 0 Å². The molecule has 0 bridgehead atoms. The number of hydrogen-bond donors (Lipinski definition) is 1. The van der Waals surface area contributed by atoms with Crippen molar-refractivity contribution in [1.29, 1.82) is 0 Å². The Morgan fingerprint density at radius 1 is 0.947 bits per heavy atom. The number of H-pyrrole nitrogens is 1. The van der Waals surface area contributed by atoms with Crippen LogP contribution in [-0.4, -0.2) is 4.98 Å². The van der Waals surface area contributed by atoms with E-state index in [1.54, 1.807) is 0 Å². The van der Waals surface area contributed by atoms with Gasteiger partial charge in [-0.05, 0) is 42.3 Å². The minimum atomic E-state index is 1.10. The van der Waals surface area contributed by atoms with Gasteiger partial charge in [-0.25, -0.2) is 0 Å². The number of aromatic nitrogens is 1. The molecule has 1 N–H and O–H groups in total. The molecule has 0 radical (unpaired) electrons. The van der Waals surface area contributed by atoms with Crippen LogP contribution in [0.2, 0.25) is 0 Å². The van der Waals surface area contributed by atoms with Crippen molar-refractivity contribution >= 4 is 39.0 Å². The molecule has 0 unspecified atom stereocenters. The van der Waals surface area contributed by atoms with Crippen LogP contribution in [0.1, 0.15) is 16.8 Å². The van der Waals surface area contributed by atoms with E-state index in [0.717, 1.165) is 4.47 Å². The zero-order chi connectivity index (χ0) is 13.2. The van der Waals surface area contributed by atoms with Crippen molar-refractivity contribution < 1.29 is 0 Å². The summed E-state index contributed by atoms with van der Waals surface area (Å²) in [6.07, 6.45) is 4.27. The standard InChI is InChI=1S/C17H14BrN/c1-12-15-4-2-3-5-17(15)19-16(12)11-8-13-6-9-14(18)10-7-13/h2-11,19H,1H3. The monoisotopic (exact) mass is 311 g/mol. The summed E-state index contributed by atoms with van der Waals surface area (Å²) in [5, 5.41) is 1.29. The topological polar surface area (TPSA) is 15.8 Å². The van der Waals surface area contributed by atoms with Crippen molar-refractivity contribution in [1.82, 2.24) is 4.98 Å². The Hall–Kier alpha value is -1.80. The van der Waals surface area contributed by atoms with Gasteiger partial charge in [-0.1, -0.05) is 52.3 Å². The number of nitrogens with one attached hydrogen (secondary N) is 1. The normalized spacial score (nSPS) is 11.5. The van der Waals surface area contributed by atoms with Gasteiger partial charge < -0.3 is 4.98 Å². The van der Waals surface area contributed by atoms with Gasteiger partial charge in [0.25, 0.3) is 0 Å². The molecule has 0 saturated heterocycles. The largest absolute Gasteiger partial charge is 0.355 e. The van der Waals surface area contributed by atoms with E-state index in [9.17, 15) is 0 Å². The van der Waals surface area contributed by atoms with Crippen molar-refractivity contribution in [3.05, 3.63) is 69.8 Å². The van der Waals surface area contributed by atoms with E-state index >= 15 is 0 Å². The number of para-hydroxylation sites is 1. The molecule has 1 heterocycles. The molecular weight excluding hydrogens is 298 g/mol. The predicted molar refractivity (Wildman–Crippen MR) is 86.1 cm³/mol. The summed E-state index contributed by atoms with van der Waals surface area (Å²) in [6, 6.07) is 16.7. The highest BCUT2D eigenvalue weighted by Gasteiger charge is 2.03. The SMILES string of the molecule is Cc1c(C=Cc2ccc(Br)cc2)[nH]c2ccccc12. The maximum absolute atomic E-state index is 3.45. The summed E-state index contributed by atoms with van der Waals surface area (Å²) in [5.41, 5.74) is 4.85. The first-order chi connectivity index (χ1) is 9.24. The fourth-order valence-electron chi connectivity index (χ4n) is 2.22. The highest BCUT2D eigenvalue weighted by Crippen LogP contribution is 2.23. The molecule has 0 atom stereocenters. The van der Waals surface area contributed by atoms with E-state index in [2.05, 4.69) is 88.5 Å². The number of hydrogen-bond acceptors (Lipinski definition) is 0. The second kappa shape index (κ2) is 5.06. The van der Waals surface area contributed by atoms with E-state index in [1.165, 1.54) is 27.7 Å². The van der Waals surface area contributed by atoms with Gasteiger partial charge in [-0.3, -0.25) is 0 Å². The average Bonchev–Trinajstić information content (AvgIpc) is 2.76. The third-order valence-corrected chi connectivity index (χ3v) is 3.85. The van der Waals surface area contributed by atoms with Crippen LogP contribution in [0.4, 0.5) is 0 Å². The Balaban J connectivity index is 1.97. The quantitative estimate of drug-likeness (QED) is 0.651. The molecule has 0 amide bonds. The van der Waals surface area contributed by atoms with Gasteiger partial charge in [0.05, 0.1) is 0 Å². The molecule has 0 spiro atoms. The lowest BCUT2D eigenvalue weighted by Gasteiger charge is -1.94. The Labute approximate surface area is 121 Å². The van der Waals surface area contributed by atoms with Crippen molar-refractivity contribution in [3.8, 4) is 0 Å². The number of benzene rings is 2. The van der Waals surface area contributed by atoms with Crippen LogP contribution < -0.4 is 0 Å². The van der Waals surface area contributed by atoms with Crippen LogP contribution in [0.5, 0.6) is 0 Å². The minimum Gasteiger partial charge on any atom is -0.355 e. The molecular formula is C17H14BrN. The number of rotatable bonds is 2. The molecule has 2 aromatic carbocycles. The molecule has 0 aliphatic rings. The molecule has 0 aliphatic carbocycles. The van der Waals surface area contributed by atoms with E-state index in [4.69, 9.17) is 0 Å². The second-order valence-corrected chi connectivity index (χ2v) is 5.51. The van der Waals surface area contributed by atoms with Crippen LogP contribution >= 0.6 is 15.9 Å². The average molecular weight is 312 g/mol. The van der Waals surface area contributed by atoms with Gasteiger partial charge in [0.1, 0.15) is 0 Å². The third kappa shape index (κ3) is 2.49. The number of halogens is 1. The fourth-order valence-corrected chi connectivity index (χ4v) is 2.49.